The quantitative estimate of drug-likeness (QED) is 0.620. The van der Waals surface area contributed by atoms with Gasteiger partial charge in [-0.15, -0.1) is 0 Å². The van der Waals surface area contributed by atoms with Gasteiger partial charge in [-0.3, -0.25) is 14.6 Å². The molecule has 2 rings (SSSR count). The number of nitrogen functional groups attached to an aromatic ring is 1. The number of nitrogens with two attached hydrogens (primary N) is 1. The summed E-state index contributed by atoms with van der Waals surface area (Å²) in [5.41, 5.74) is 5.56. The van der Waals surface area contributed by atoms with Gasteiger partial charge in [-0.1, -0.05) is 0 Å². The molecule has 2 aromatic heterocycles. The van der Waals surface area contributed by atoms with Gasteiger partial charge in [0.1, 0.15) is 11.5 Å². The summed E-state index contributed by atoms with van der Waals surface area (Å²) >= 11 is 0. The van der Waals surface area contributed by atoms with Crippen LogP contribution in [0.15, 0.2) is 12.3 Å². The molecular formula is C10H12N6O3. The van der Waals surface area contributed by atoms with Gasteiger partial charge >= 0.3 is 5.97 Å². The number of carboxylic acids is 1. The maximum absolute atomic E-state index is 11.8. The molecular weight excluding hydrogens is 252 g/mol. The van der Waals surface area contributed by atoms with E-state index in [-0.39, 0.29) is 22.9 Å². The lowest BCUT2D eigenvalue weighted by atomic mass is 10.3. The van der Waals surface area contributed by atoms with Gasteiger partial charge in [-0.2, -0.15) is 10.2 Å². The van der Waals surface area contributed by atoms with E-state index < -0.39 is 11.9 Å². The van der Waals surface area contributed by atoms with Gasteiger partial charge in [0.25, 0.3) is 5.91 Å². The minimum atomic E-state index is -1.17. The third kappa shape index (κ3) is 2.39. The fraction of sp³-hybridized carbons (Fsp3) is 0.200. The lowest BCUT2D eigenvalue weighted by Gasteiger charge is -2.04. The summed E-state index contributed by atoms with van der Waals surface area (Å²) in [6, 6.07) is 1.35. The molecule has 0 spiro atoms. The van der Waals surface area contributed by atoms with Crippen LogP contribution < -0.4 is 11.1 Å². The average molecular weight is 264 g/mol. The van der Waals surface area contributed by atoms with E-state index in [4.69, 9.17) is 10.8 Å². The highest BCUT2D eigenvalue weighted by Gasteiger charge is 2.19. The summed E-state index contributed by atoms with van der Waals surface area (Å²) in [4.78, 5) is 23.0. The standard InChI is InChI=1S/C10H12N6O3/c1-2-16-8(10(18)19)6(4-12-16)13-9(17)5-3-7(11)15-14-5/h3-4H,2H2,1H3,(H,13,17)(H,18,19)(H3,11,14,15). The second-order valence-corrected chi connectivity index (χ2v) is 3.69. The maximum Gasteiger partial charge on any atom is 0.356 e. The molecule has 19 heavy (non-hydrogen) atoms. The number of anilines is 2. The molecule has 9 heteroatoms. The Morgan fingerprint density at radius 2 is 2.32 bits per heavy atom. The molecule has 0 aliphatic heterocycles. The van der Waals surface area contributed by atoms with Crippen molar-refractivity contribution >= 4 is 23.4 Å². The van der Waals surface area contributed by atoms with Gasteiger partial charge in [-0.25, -0.2) is 4.79 Å². The number of carboxylic acid groups (broad SMARTS) is 1. The van der Waals surface area contributed by atoms with Crippen LogP contribution in [0.25, 0.3) is 0 Å². The minimum Gasteiger partial charge on any atom is -0.476 e. The number of aromatic amines is 1. The summed E-state index contributed by atoms with van der Waals surface area (Å²) < 4.78 is 1.28. The lowest BCUT2D eigenvalue weighted by molar-refractivity contribution is 0.0684. The molecule has 100 valence electrons. The van der Waals surface area contributed by atoms with Crippen LogP contribution in [-0.2, 0) is 6.54 Å². The van der Waals surface area contributed by atoms with Crippen LogP contribution in [-0.4, -0.2) is 37.0 Å². The molecule has 2 heterocycles. The number of amides is 1. The highest BCUT2D eigenvalue weighted by atomic mass is 16.4. The minimum absolute atomic E-state index is 0.0802. The predicted octanol–water partition coefficient (Wildman–Crippen LogP) is 0.159. The molecule has 0 fully saturated rings. The lowest BCUT2D eigenvalue weighted by Crippen LogP contribution is -2.16. The second-order valence-electron chi connectivity index (χ2n) is 3.69. The van der Waals surface area contributed by atoms with Crippen LogP contribution in [0.1, 0.15) is 27.9 Å². The number of carbonyl (C=O) groups excluding carboxylic acids is 1. The van der Waals surface area contributed by atoms with Crippen molar-refractivity contribution in [2.75, 3.05) is 11.1 Å². The van der Waals surface area contributed by atoms with E-state index in [9.17, 15) is 9.59 Å². The van der Waals surface area contributed by atoms with Gasteiger partial charge in [0.15, 0.2) is 5.69 Å². The van der Waals surface area contributed by atoms with Gasteiger partial charge in [0, 0.05) is 12.6 Å². The first-order chi connectivity index (χ1) is 9.02. The molecule has 0 saturated heterocycles. The molecule has 1 amide bonds. The number of aromatic carboxylic acids is 1. The van der Waals surface area contributed by atoms with Crippen LogP contribution in [0.4, 0.5) is 11.5 Å². The van der Waals surface area contributed by atoms with Gasteiger partial charge in [-0.05, 0) is 6.92 Å². The summed E-state index contributed by atoms with van der Waals surface area (Å²) in [6.45, 7) is 2.13. The van der Waals surface area contributed by atoms with Gasteiger partial charge in [0.05, 0.1) is 11.9 Å². The number of nitrogens with zero attached hydrogens (tertiary/aromatic N) is 3. The Bertz CT molecular complexity index is 629. The number of H-pyrrole nitrogens is 1. The molecule has 9 nitrogen and oxygen atoms in total. The molecule has 0 unspecified atom stereocenters. The number of hydrogen-bond acceptors (Lipinski definition) is 5. The zero-order valence-electron chi connectivity index (χ0n) is 10.0. The van der Waals surface area contributed by atoms with Crippen LogP contribution >= 0.6 is 0 Å². The van der Waals surface area contributed by atoms with E-state index in [2.05, 4.69) is 20.6 Å². The topological polar surface area (TPSA) is 139 Å². The third-order valence-electron chi connectivity index (χ3n) is 2.43. The highest BCUT2D eigenvalue weighted by Crippen LogP contribution is 2.16. The van der Waals surface area contributed by atoms with Crippen molar-refractivity contribution in [3.05, 3.63) is 23.7 Å². The second kappa shape index (κ2) is 4.80. The highest BCUT2D eigenvalue weighted by molar-refractivity contribution is 6.06. The molecule has 0 aromatic carbocycles. The fourth-order valence-corrected chi connectivity index (χ4v) is 1.59. The summed E-state index contributed by atoms with van der Waals surface area (Å²) in [5, 5.41) is 21.5. The Labute approximate surface area is 107 Å². The SMILES string of the molecule is CCn1ncc(NC(=O)c2cc(N)n[nH]2)c1C(=O)O. The molecule has 0 aliphatic carbocycles. The Hall–Kier alpha value is -2.84. The summed E-state index contributed by atoms with van der Waals surface area (Å²) in [7, 11) is 0. The van der Waals surface area contributed by atoms with Crippen molar-refractivity contribution < 1.29 is 14.7 Å². The molecule has 0 saturated carbocycles. The van der Waals surface area contributed by atoms with Crippen molar-refractivity contribution in [3.8, 4) is 0 Å². The monoisotopic (exact) mass is 264 g/mol. The molecule has 5 N–H and O–H groups in total. The Morgan fingerprint density at radius 1 is 1.58 bits per heavy atom. The van der Waals surface area contributed by atoms with Crippen molar-refractivity contribution in [2.24, 2.45) is 0 Å². The molecule has 2 aromatic rings. The predicted molar refractivity (Wildman–Crippen MR) is 65.8 cm³/mol. The smallest absolute Gasteiger partial charge is 0.356 e. The number of rotatable bonds is 4. The van der Waals surface area contributed by atoms with Crippen LogP contribution in [0, 0.1) is 0 Å². The number of hydrogen-bond donors (Lipinski definition) is 4. The molecule has 0 radical (unpaired) electrons. The first-order valence-electron chi connectivity index (χ1n) is 5.44. The number of aromatic nitrogens is 4. The number of aryl methyl sites for hydroxylation is 1. The van der Waals surface area contributed by atoms with Gasteiger partial charge in [0.2, 0.25) is 0 Å². The fourth-order valence-electron chi connectivity index (χ4n) is 1.59. The van der Waals surface area contributed by atoms with Gasteiger partial charge < -0.3 is 16.2 Å². The molecule has 0 aliphatic rings. The largest absolute Gasteiger partial charge is 0.476 e. The Balaban J connectivity index is 2.26. The van der Waals surface area contributed by atoms with E-state index >= 15 is 0 Å². The summed E-state index contributed by atoms with van der Waals surface area (Å²) in [6.07, 6.45) is 1.28. The average Bonchev–Trinajstić information content (AvgIpc) is 2.95. The number of nitrogens with one attached hydrogen (secondary N) is 2. The van der Waals surface area contributed by atoms with E-state index in [1.807, 2.05) is 0 Å². The van der Waals surface area contributed by atoms with E-state index in [0.717, 1.165) is 0 Å². The maximum atomic E-state index is 11.8. The first-order valence-corrected chi connectivity index (χ1v) is 5.44. The molecule has 0 atom stereocenters. The first kappa shape index (κ1) is 12.6. The van der Waals surface area contributed by atoms with Crippen LogP contribution in [0.2, 0.25) is 0 Å². The van der Waals surface area contributed by atoms with E-state index in [1.165, 1.54) is 16.9 Å². The van der Waals surface area contributed by atoms with E-state index in [0.29, 0.717) is 6.54 Å². The number of carbonyl (C=O) groups is 2. The van der Waals surface area contributed by atoms with Crippen molar-refractivity contribution in [3.63, 3.8) is 0 Å². The van der Waals surface area contributed by atoms with Crippen molar-refractivity contribution in [1.29, 1.82) is 0 Å². The van der Waals surface area contributed by atoms with E-state index in [1.54, 1.807) is 6.92 Å². The van der Waals surface area contributed by atoms with Crippen molar-refractivity contribution in [1.82, 2.24) is 20.0 Å². The van der Waals surface area contributed by atoms with Crippen LogP contribution in [0.3, 0.4) is 0 Å². The Kier molecular flexibility index (Phi) is 3.19. The molecule has 0 bridgehead atoms. The zero-order chi connectivity index (χ0) is 14.0. The van der Waals surface area contributed by atoms with Crippen molar-refractivity contribution in [2.45, 2.75) is 13.5 Å². The Morgan fingerprint density at radius 3 is 2.84 bits per heavy atom. The third-order valence-corrected chi connectivity index (χ3v) is 2.43. The normalized spacial score (nSPS) is 10.4. The van der Waals surface area contributed by atoms with Crippen LogP contribution in [0.5, 0.6) is 0 Å². The zero-order valence-corrected chi connectivity index (χ0v) is 10.0. The summed E-state index contributed by atoms with van der Waals surface area (Å²) in [5.74, 6) is -1.53.